The lowest BCUT2D eigenvalue weighted by Gasteiger charge is -2.34. The fourth-order valence-electron chi connectivity index (χ4n) is 1.70. The van der Waals surface area contributed by atoms with Gasteiger partial charge in [0.2, 0.25) is 0 Å². The first-order chi connectivity index (χ1) is 8.83. The van der Waals surface area contributed by atoms with Gasteiger partial charge < -0.3 is 10.2 Å². The number of hydrogen-bond donors (Lipinski definition) is 1. The Morgan fingerprint density at radius 2 is 1.79 bits per heavy atom. The Labute approximate surface area is 107 Å². The third kappa shape index (κ3) is 5.13. The van der Waals surface area contributed by atoms with E-state index < -0.39 is 24.5 Å². The predicted molar refractivity (Wildman–Crippen MR) is 57.7 cm³/mol. The Bertz CT molecular complexity index is 383. The van der Waals surface area contributed by atoms with Crippen LogP contribution in [-0.4, -0.2) is 67.1 Å². The molecular formula is C10H13F3N4O2. The summed E-state index contributed by atoms with van der Waals surface area (Å²) in [5.74, 6) is -1.73. The van der Waals surface area contributed by atoms with Crippen molar-refractivity contribution in [3.05, 3.63) is 0 Å². The summed E-state index contributed by atoms with van der Waals surface area (Å²) < 4.78 is 36.4. The normalized spacial score (nSPS) is 16.8. The molecule has 0 atom stereocenters. The molecule has 19 heavy (non-hydrogen) atoms. The number of rotatable bonds is 2. The molecule has 106 valence electrons. The van der Waals surface area contributed by atoms with Crippen LogP contribution in [0.2, 0.25) is 0 Å². The van der Waals surface area contributed by atoms with Crippen molar-refractivity contribution >= 4 is 11.8 Å². The Hall–Kier alpha value is -1.82. The van der Waals surface area contributed by atoms with Crippen LogP contribution >= 0.6 is 0 Å². The first-order valence-corrected chi connectivity index (χ1v) is 5.56. The third-order valence-corrected chi connectivity index (χ3v) is 2.58. The van der Waals surface area contributed by atoms with E-state index in [2.05, 4.69) is 5.32 Å². The van der Waals surface area contributed by atoms with Crippen molar-refractivity contribution in [2.75, 3.05) is 39.3 Å². The average Bonchev–Trinajstić information content (AvgIpc) is 2.34. The van der Waals surface area contributed by atoms with E-state index in [-0.39, 0.29) is 32.7 Å². The largest absolute Gasteiger partial charge is 0.401 e. The minimum Gasteiger partial charge on any atom is -0.335 e. The zero-order valence-electron chi connectivity index (χ0n) is 10.0. The molecule has 0 aromatic rings. The van der Waals surface area contributed by atoms with Gasteiger partial charge in [-0.2, -0.15) is 18.4 Å². The lowest BCUT2D eigenvalue weighted by molar-refractivity contribution is -0.155. The van der Waals surface area contributed by atoms with Crippen molar-refractivity contribution in [1.82, 2.24) is 15.1 Å². The van der Waals surface area contributed by atoms with Gasteiger partial charge in [0.05, 0.1) is 12.6 Å². The Kier molecular flexibility index (Phi) is 5.11. The highest BCUT2D eigenvalue weighted by atomic mass is 19.4. The Morgan fingerprint density at radius 3 is 2.26 bits per heavy atom. The molecule has 0 radical (unpaired) electrons. The summed E-state index contributed by atoms with van der Waals surface area (Å²) in [5, 5.41) is 10.3. The first-order valence-electron chi connectivity index (χ1n) is 5.56. The molecule has 0 aliphatic carbocycles. The van der Waals surface area contributed by atoms with Gasteiger partial charge in [0.25, 0.3) is 0 Å². The fourth-order valence-corrected chi connectivity index (χ4v) is 1.70. The van der Waals surface area contributed by atoms with Crippen molar-refractivity contribution in [1.29, 1.82) is 5.26 Å². The number of nitriles is 1. The molecule has 1 aliphatic heterocycles. The molecule has 1 N–H and O–H groups in total. The van der Waals surface area contributed by atoms with Crippen LogP contribution < -0.4 is 5.32 Å². The van der Waals surface area contributed by atoms with Gasteiger partial charge in [-0.3, -0.25) is 14.5 Å². The SMILES string of the molecule is N#CCNC(=O)C(=O)N1CCN(CC(F)(F)F)CC1. The summed E-state index contributed by atoms with van der Waals surface area (Å²) in [4.78, 5) is 25.2. The lowest BCUT2D eigenvalue weighted by atomic mass is 10.3. The number of halogens is 3. The molecule has 6 nitrogen and oxygen atoms in total. The van der Waals surface area contributed by atoms with Crippen molar-refractivity contribution in [2.45, 2.75) is 6.18 Å². The summed E-state index contributed by atoms with van der Waals surface area (Å²) in [6, 6.07) is 1.65. The number of piperazine rings is 1. The molecule has 9 heteroatoms. The first kappa shape index (κ1) is 15.2. The highest BCUT2D eigenvalue weighted by Gasteiger charge is 2.33. The molecule has 1 fully saturated rings. The molecule has 0 spiro atoms. The maximum absolute atomic E-state index is 12.1. The fraction of sp³-hybridized carbons (Fsp3) is 0.700. The van der Waals surface area contributed by atoms with Gasteiger partial charge in [0, 0.05) is 26.2 Å². The standard InChI is InChI=1S/C10H13F3N4O2/c11-10(12,13)7-16-3-5-17(6-4-16)9(19)8(18)15-2-1-14/h2-7H2,(H,15,18). The van der Waals surface area contributed by atoms with E-state index in [0.717, 1.165) is 0 Å². The van der Waals surface area contributed by atoms with Gasteiger partial charge in [-0.05, 0) is 0 Å². The van der Waals surface area contributed by atoms with Gasteiger partial charge in [0.15, 0.2) is 0 Å². The predicted octanol–water partition coefficient (Wildman–Crippen LogP) is -0.667. The topological polar surface area (TPSA) is 76.4 Å². The summed E-state index contributed by atoms with van der Waals surface area (Å²) in [5.41, 5.74) is 0. The van der Waals surface area contributed by atoms with Crippen molar-refractivity contribution in [2.24, 2.45) is 0 Å². The van der Waals surface area contributed by atoms with Crippen LogP contribution in [0, 0.1) is 11.3 Å². The smallest absolute Gasteiger partial charge is 0.335 e. The zero-order valence-corrected chi connectivity index (χ0v) is 10.0. The molecule has 2 amide bonds. The van der Waals surface area contributed by atoms with Crippen molar-refractivity contribution in [3.8, 4) is 6.07 Å². The van der Waals surface area contributed by atoms with Crippen molar-refractivity contribution < 1.29 is 22.8 Å². The lowest BCUT2D eigenvalue weighted by Crippen LogP contribution is -2.54. The van der Waals surface area contributed by atoms with E-state index in [0.29, 0.717) is 0 Å². The average molecular weight is 278 g/mol. The summed E-state index contributed by atoms with van der Waals surface area (Å²) in [6.45, 7) is -1.04. The highest BCUT2D eigenvalue weighted by Crippen LogP contribution is 2.17. The molecule has 1 rings (SSSR count). The summed E-state index contributed by atoms with van der Waals surface area (Å²) in [7, 11) is 0. The maximum Gasteiger partial charge on any atom is 0.401 e. The molecule has 0 bridgehead atoms. The van der Waals surface area contributed by atoms with Crippen LogP contribution in [-0.2, 0) is 9.59 Å². The highest BCUT2D eigenvalue weighted by molar-refractivity contribution is 6.35. The molecule has 1 heterocycles. The number of carbonyl (C=O) groups excluding carboxylic acids is 2. The molecule has 1 saturated heterocycles. The molecule has 0 aromatic carbocycles. The maximum atomic E-state index is 12.1. The van der Waals surface area contributed by atoms with E-state index >= 15 is 0 Å². The number of carbonyl (C=O) groups is 2. The second kappa shape index (κ2) is 6.38. The molecule has 0 aromatic heterocycles. The van der Waals surface area contributed by atoms with E-state index in [1.807, 2.05) is 0 Å². The van der Waals surface area contributed by atoms with Crippen molar-refractivity contribution in [3.63, 3.8) is 0 Å². The number of hydrogen-bond acceptors (Lipinski definition) is 4. The third-order valence-electron chi connectivity index (χ3n) is 2.58. The van der Waals surface area contributed by atoms with Gasteiger partial charge in [0.1, 0.15) is 6.54 Å². The number of nitrogens with zero attached hydrogens (tertiary/aromatic N) is 3. The second-order valence-electron chi connectivity index (χ2n) is 4.02. The van der Waals surface area contributed by atoms with Crippen LogP contribution in [0.15, 0.2) is 0 Å². The van der Waals surface area contributed by atoms with E-state index in [9.17, 15) is 22.8 Å². The van der Waals surface area contributed by atoms with Gasteiger partial charge in [-0.25, -0.2) is 0 Å². The Balaban J connectivity index is 2.39. The van der Waals surface area contributed by atoms with Gasteiger partial charge >= 0.3 is 18.0 Å². The molecule has 0 saturated carbocycles. The molecule has 0 unspecified atom stereocenters. The van der Waals surface area contributed by atoms with Crippen LogP contribution in [0.5, 0.6) is 0 Å². The van der Waals surface area contributed by atoms with Gasteiger partial charge in [-0.15, -0.1) is 0 Å². The monoisotopic (exact) mass is 278 g/mol. The summed E-state index contributed by atoms with van der Waals surface area (Å²) in [6.07, 6.45) is -4.27. The van der Waals surface area contributed by atoms with E-state index in [1.54, 1.807) is 6.07 Å². The quantitative estimate of drug-likeness (QED) is 0.537. The van der Waals surface area contributed by atoms with Gasteiger partial charge in [-0.1, -0.05) is 0 Å². The number of amides is 2. The molecule has 1 aliphatic rings. The minimum absolute atomic E-state index is 0.0644. The summed E-state index contributed by atoms with van der Waals surface area (Å²) >= 11 is 0. The van der Waals surface area contributed by atoms with Crippen LogP contribution in [0.25, 0.3) is 0 Å². The van der Waals surface area contributed by atoms with Crippen LogP contribution in [0.4, 0.5) is 13.2 Å². The molecular weight excluding hydrogens is 265 g/mol. The minimum atomic E-state index is -4.27. The zero-order chi connectivity index (χ0) is 14.5. The Morgan fingerprint density at radius 1 is 1.21 bits per heavy atom. The number of alkyl halides is 3. The van der Waals surface area contributed by atoms with E-state index in [1.165, 1.54) is 9.80 Å². The second-order valence-corrected chi connectivity index (χ2v) is 4.02. The number of nitrogens with one attached hydrogen (secondary N) is 1. The van der Waals surface area contributed by atoms with Crippen LogP contribution in [0.3, 0.4) is 0 Å². The van der Waals surface area contributed by atoms with E-state index in [4.69, 9.17) is 5.26 Å². The van der Waals surface area contributed by atoms with Crippen LogP contribution in [0.1, 0.15) is 0 Å².